The van der Waals surface area contributed by atoms with Crippen LogP contribution in [0.4, 0.5) is 0 Å². The number of nitrogens with zero attached hydrogens (tertiary/aromatic N) is 1. The molecule has 0 unspecified atom stereocenters. The van der Waals surface area contributed by atoms with Crippen LogP contribution in [0.2, 0.25) is 5.02 Å². The summed E-state index contributed by atoms with van der Waals surface area (Å²) in [5, 5.41) is 3.58. The number of hydrogen-bond acceptors (Lipinski definition) is 3. The van der Waals surface area contributed by atoms with E-state index >= 15 is 0 Å². The topological polar surface area (TPSA) is 58.6 Å². The Kier molecular flexibility index (Phi) is 10.7. The lowest BCUT2D eigenvalue weighted by Gasteiger charge is -2.31. The molecular formula is C26H34BrClN2O3. The van der Waals surface area contributed by atoms with E-state index in [0.717, 1.165) is 10.0 Å². The number of carbonyl (C=O) groups excluding carboxylic acids is 2. The van der Waals surface area contributed by atoms with Gasteiger partial charge in [0.1, 0.15) is 11.8 Å². The second-order valence-corrected chi connectivity index (χ2v) is 10.1. The zero-order valence-electron chi connectivity index (χ0n) is 20.0. The molecular weight excluding hydrogens is 504 g/mol. The van der Waals surface area contributed by atoms with E-state index in [1.807, 2.05) is 51.1 Å². The molecule has 0 fully saturated rings. The Labute approximate surface area is 211 Å². The van der Waals surface area contributed by atoms with Crippen LogP contribution in [0.25, 0.3) is 0 Å². The van der Waals surface area contributed by atoms with Crippen LogP contribution in [-0.2, 0) is 16.1 Å². The Morgan fingerprint density at radius 1 is 1.09 bits per heavy atom. The second kappa shape index (κ2) is 13.0. The number of benzene rings is 2. The summed E-state index contributed by atoms with van der Waals surface area (Å²) in [5.41, 5.74) is 2.07. The van der Waals surface area contributed by atoms with Gasteiger partial charge in [0.25, 0.3) is 5.91 Å². The first-order valence-electron chi connectivity index (χ1n) is 11.4. The molecule has 33 heavy (non-hydrogen) atoms. The third kappa shape index (κ3) is 8.35. The zero-order chi connectivity index (χ0) is 24.5. The summed E-state index contributed by atoms with van der Waals surface area (Å²) in [4.78, 5) is 27.8. The lowest BCUT2D eigenvalue weighted by Crippen LogP contribution is -2.50. The SMILES string of the molecule is CC[C@@H](C(=O)NCC(C)C)N(Cc1ccc(Cl)cc1)C(=O)COc1ccc(C(C)C)cc1Br. The molecule has 0 radical (unpaired) electrons. The quantitative estimate of drug-likeness (QED) is 0.372. The predicted octanol–water partition coefficient (Wildman–Crippen LogP) is 6.18. The van der Waals surface area contributed by atoms with Gasteiger partial charge in [0.15, 0.2) is 6.61 Å². The molecule has 0 aliphatic carbocycles. The first-order chi connectivity index (χ1) is 15.6. The summed E-state index contributed by atoms with van der Waals surface area (Å²) in [7, 11) is 0. The van der Waals surface area contributed by atoms with Crippen molar-refractivity contribution in [2.24, 2.45) is 5.92 Å². The van der Waals surface area contributed by atoms with Crippen molar-refractivity contribution in [2.75, 3.05) is 13.2 Å². The van der Waals surface area contributed by atoms with Crippen LogP contribution < -0.4 is 10.1 Å². The van der Waals surface area contributed by atoms with E-state index < -0.39 is 6.04 Å². The Morgan fingerprint density at radius 3 is 2.30 bits per heavy atom. The summed E-state index contributed by atoms with van der Waals surface area (Å²) in [6.07, 6.45) is 0.496. The van der Waals surface area contributed by atoms with Crippen LogP contribution in [-0.4, -0.2) is 35.9 Å². The Hall–Kier alpha value is -2.05. The molecule has 0 aliphatic heterocycles. The number of nitrogens with one attached hydrogen (secondary N) is 1. The van der Waals surface area contributed by atoms with E-state index in [1.54, 1.807) is 17.0 Å². The Balaban J connectivity index is 2.20. The largest absolute Gasteiger partial charge is 0.483 e. The van der Waals surface area contributed by atoms with Gasteiger partial charge in [0.05, 0.1) is 4.47 Å². The van der Waals surface area contributed by atoms with Crippen molar-refractivity contribution in [1.29, 1.82) is 0 Å². The van der Waals surface area contributed by atoms with Gasteiger partial charge in [-0.2, -0.15) is 0 Å². The highest BCUT2D eigenvalue weighted by molar-refractivity contribution is 9.10. The second-order valence-electron chi connectivity index (χ2n) is 8.84. The van der Waals surface area contributed by atoms with Crippen molar-refractivity contribution >= 4 is 39.3 Å². The number of amides is 2. The lowest BCUT2D eigenvalue weighted by molar-refractivity contribution is -0.143. The molecule has 2 aromatic carbocycles. The molecule has 0 saturated heterocycles. The molecule has 0 saturated carbocycles. The highest BCUT2D eigenvalue weighted by Crippen LogP contribution is 2.29. The van der Waals surface area contributed by atoms with Crippen LogP contribution in [0.15, 0.2) is 46.9 Å². The fraction of sp³-hybridized carbons (Fsp3) is 0.462. The summed E-state index contributed by atoms with van der Waals surface area (Å²) in [6.45, 7) is 10.9. The standard InChI is InChI=1S/C26H34BrClN2O3/c1-6-23(26(32)29-14-17(2)3)30(15-19-7-10-21(28)11-8-19)25(31)16-33-24-12-9-20(18(4)5)13-22(24)27/h7-13,17-18,23H,6,14-16H2,1-5H3,(H,29,32)/t23-/m0/s1. The minimum Gasteiger partial charge on any atom is -0.483 e. The van der Waals surface area contributed by atoms with Crippen molar-refractivity contribution in [2.45, 2.75) is 59.5 Å². The molecule has 2 aromatic rings. The summed E-state index contributed by atoms with van der Waals surface area (Å²) >= 11 is 9.55. The van der Waals surface area contributed by atoms with Crippen LogP contribution in [0.5, 0.6) is 5.75 Å². The van der Waals surface area contributed by atoms with Gasteiger partial charge < -0.3 is 15.0 Å². The van der Waals surface area contributed by atoms with Crippen LogP contribution in [0.1, 0.15) is 58.1 Å². The van der Waals surface area contributed by atoms with E-state index in [1.165, 1.54) is 5.56 Å². The van der Waals surface area contributed by atoms with E-state index in [4.69, 9.17) is 16.3 Å². The molecule has 0 aliphatic rings. The smallest absolute Gasteiger partial charge is 0.261 e. The maximum Gasteiger partial charge on any atom is 0.261 e. The maximum absolute atomic E-state index is 13.3. The first-order valence-corrected chi connectivity index (χ1v) is 12.5. The van der Waals surface area contributed by atoms with Gasteiger partial charge in [0, 0.05) is 18.1 Å². The van der Waals surface area contributed by atoms with E-state index in [2.05, 4.69) is 35.1 Å². The van der Waals surface area contributed by atoms with Gasteiger partial charge in [0.2, 0.25) is 5.91 Å². The molecule has 0 heterocycles. The number of hydrogen-bond donors (Lipinski definition) is 1. The fourth-order valence-electron chi connectivity index (χ4n) is 3.34. The summed E-state index contributed by atoms with van der Waals surface area (Å²) in [5.74, 6) is 0.895. The number of halogens is 2. The number of rotatable bonds is 11. The van der Waals surface area contributed by atoms with Gasteiger partial charge >= 0.3 is 0 Å². The van der Waals surface area contributed by atoms with Crippen LogP contribution >= 0.6 is 27.5 Å². The van der Waals surface area contributed by atoms with Crippen LogP contribution in [0, 0.1) is 5.92 Å². The minimum absolute atomic E-state index is 0.156. The van der Waals surface area contributed by atoms with Gasteiger partial charge in [-0.15, -0.1) is 0 Å². The first kappa shape index (κ1) is 27.2. The Bertz CT molecular complexity index is 932. The van der Waals surface area contributed by atoms with Crippen molar-refractivity contribution in [3.63, 3.8) is 0 Å². The molecule has 2 amide bonds. The molecule has 1 N–H and O–H groups in total. The third-order valence-electron chi connectivity index (χ3n) is 5.31. The van der Waals surface area contributed by atoms with Gasteiger partial charge in [-0.25, -0.2) is 0 Å². The van der Waals surface area contributed by atoms with Crippen LogP contribution in [0.3, 0.4) is 0 Å². The fourth-order valence-corrected chi connectivity index (χ4v) is 3.98. The lowest BCUT2D eigenvalue weighted by atomic mass is 10.0. The Morgan fingerprint density at radius 2 is 1.76 bits per heavy atom. The molecule has 5 nitrogen and oxygen atoms in total. The molecule has 1 atom stereocenters. The van der Waals surface area contributed by atoms with E-state index in [9.17, 15) is 9.59 Å². The molecule has 180 valence electrons. The van der Waals surface area contributed by atoms with Crippen molar-refractivity contribution in [3.05, 3.63) is 63.1 Å². The molecule has 7 heteroatoms. The van der Waals surface area contributed by atoms with E-state index in [0.29, 0.717) is 42.1 Å². The number of ether oxygens (including phenoxy) is 1. The highest BCUT2D eigenvalue weighted by atomic mass is 79.9. The summed E-state index contributed by atoms with van der Waals surface area (Å²) in [6, 6.07) is 12.6. The average Bonchev–Trinajstić information content (AvgIpc) is 2.77. The van der Waals surface area contributed by atoms with Gasteiger partial charge in [-0.3, -0.25) is 9.59 Å². The van der Waals surface area contributed by atoms with Crippen molar-refractivity contribution < 1.29 is 14.3 Å². The monoisotopic (exact) mass is 536 g/mol. The third-order valence-corrected chi connectivity index (χ3v) is 6.18. The van der Waals surface area contributed by atoms with Gasteiger partial charge in [-0.1, -0.05) is 64.4 Å². The molecule has 0 spiro atoms. The van der Waals surface area contributed by atoms with Crippen molar-refractivity contribution in [1.82, 2.24) is 10.2 Å². The summed E-state index contributed by atoms with van der Waals surface area (Å²) < 4.78 is 6.65. The van der Waals surface area contributed by atoms with Gasteiger partial charge in [-0.05, 0) is 69.6 Å². The maximum atomic E-state index is 13.3. The zero-order valence-corrected chi connectivity index (χ0v) is 22.4. The van der Waals surface area contributed by atoms with E-state index in [-0.39, 0.29) is 18.4 Å². The number of carbonyl (C=O) groups is 2. The average molecular weight is 538 g/mol. The molecule has 0 aromatic heterocycles. The molecule has 0 bridgehead atoms. The highest BCUT2D eigenvalue weighted by Gasteiger charge is 2.29. The minimum atomic E-state index is -0.595. The predicted molar refractivity (Wildman–Crippen MR) is 138 cm³/mol. The van der Waals surface area contributed by atoms with Crippen molar-refractivity contribution in [3.8, 4) is 5.75 Å². The normalized spacial score (nSPS) is 12.0. The molecule has 2 rings (SSSR count).